The fourth-order valence-electron chi connectivity index (χ4n) is 4.48. The molecule has 0 radical (unpaired) electrons. The molecule has 2 fully saturated rings. The van der Waals surface area contributed by atoms with E-state index in [0.29, 0.717) is 0 Å². The highest BCUT2D eigenvalue weighted by molar-refractivity contribution is 7.17. The number of benzene rings is 1. The van der Waals surface area contributed by atoms with Gasteiger partial charge in [0, 0.05) is 6.54 Å². The molecule has 0 atom stereocenters. The molecule has 1 aromatic carbocycles. The van der Waals surface area contributed by atoms with Crippen LogP contribution in [0.1, 0.15) is 56.6 Å². The lowest BCUT2D eigenvalue weighted by atomic mass is 9.87. The Kier molecular flexibility index (Phi) is 7.07. The van der Waals surface area contributed by atoms with Gasteiger partial charge in [0.1, 0.15) is 0 Å². The second-order valence-corrected chi connectivity index (χ2v) is 8.73. The fourth-order valence-corrected chi connectivity index (χ4v) is 5.35. The molecule has 0 aliphatic carbocycles. The predicted molar refractivity (Wildman–Crippen MR) is 114 cm³/mol. The van der Waals surface area contributed by atoms with E-state index in [0.717, 1.165) is 11.8 Å². The second kappa shape index (κ2) is 9.29. The molecular formula is C22H35N3S. The van der Waals surface area contributed by atoms with Crippen LogP contribution in [-0.4, -0.2) is 54.6 Å². The lowest BCUT2D eigenvalue weighted by Gasteiger charge is -2.37. The van der Waals surface area contributed by atoms with E-state index in [-0.39, 0.29) is 0 Å². The van der Waals surface area contributed by atoms with E-state index in [1.165, 1.54) is 74.2 Å². The highest BCUT2D eigenvalue weighted by Crippen LogP contribution is 2.36. The molecule has 0 spiro atoms. The molecule has 3 heterocycles. The van der Waals surface area contributed by atoms with Crippen LogP contribution in [-0.2, 0) is 0 Å². The van der Waals surface area contributed by atoms with E-state index in [9.17, 15) is 0 Å². The maximum Gasteiger partial charge on any atom is 0.0817 e. The Morgan fingerprint density at radius 2 is 1.73 bits per heavy atom. The van der Waals surface area contributed by atoms with E-state index in [2.05, 4.69) is 40.9 Å². The molecule has 0 N–H and O–H groups in total. The normalized spacial score (nSPS) is 20.9. The molecule has 3 nitrogen and oxygen atoms in total. The highest BCUT2D eigenvalue weighted by atomic mass is 32.1. The summed E-state index contributed by atoms with van der Waals surface area (Å²) in [6.45, 7) is 12.6. The van der Waals surface area contributed by atoms with Crippen molar-refractivity contribution in [2.75, 3.05) is 39.8 Å². The van der Waals surface area contributed by atoms with Gasteiger partial charge >= 0.3 is 0 Å². The van der Waals surface area contributed by atoms with Crippen molar-refractivity contribution in [3.05, 3.63) is 28.8 Å². The van der Waals surface area contributed by atoms with Gasteiger partial charge in [-0.05, 0) is 94.9 Å². The SMILES string of the molecule is CC.Cc1cc(C2CCN(CC3CCN(C)CC3)CC2)c2scnc2c1. The fraction of sp³-hybridized carbons (Fsp3) is 0.682. The number of aryl methyl sites for hydroxylation is 1. The van der Waals surface area contributed by atoms with Crippen molar-refractivity contribution in [2.45, 2.75) is 52.4 Å². The summed E-state index contributed by atoms with van der Waals surface area (Å²) in [7, 11) is 2.25. The largest absolute Gasteiger partial charge is 0.306 e. The molecule has 2 aromatic rings. The number of thiazole rings is 1. The zero-order valence-corrected chi connectivity index (χ0v) is 17.8. The number of piperidine rings is 2. The summed E-state index contributed by atoms with van der Waals surface area (Å²) in [6.07, 6.45) is 5.39. The topological polar surface area (TPSA) is 19.4 Å². The van der Waals surface area contributed by atoms with Crippen molar-refractivity contribution in [1.82, 2.24) is 14.8 Å². The summed E-state index contributed by atoms with van der Waals surface area (Å²) in [5.41, 5.74) is 6.12. The Morgan fingerprint density at radius 3 is 2.42 bits per heavy atom. The molecule has 26 heavy (non-hydrogen) atoms. The monoisotopic (exact) mass is 373 g/mol. The van der Waals surface area contributed by atoms with Crippen molar-refractivity contribution in [1.29, 1.82) is 0 Å². The number of hydrogen-bond donors (Lipinski definition) is 0. The molecule has 4 heteroatoms. The Bertz CT molecular complexity index is 680. The van der Waals surface area contributed by atoms with Gasteiger partial charge in [-0.1, -0.05) is 19.9 Å². The van der Waals surface area contributed by atoms with Crippen molar-refractivity contribution >= 4 is 21.6 Å². The first-order valence-corrected chi connectivity index (χ1v) is 11.3. The smallest absolute Gasteiger partial charge is 0.0817 e. The molecule has 2 saturated heterocycles. The summed E-state index contributed by atoms with van der Waals surface area (Å²) in [4.78, 5) is 9.74. The molecule has 0 bridgehead atoms. The Hall–Kier alpha value is -0.970. The van der Waals surface area contributed by atoms with E-state index < -0.39 is 0 Å². The van der Waals surface area contributed by atoms with E-state index in [1.54, 1.807) is 5.56 Å². The van der Waals surface area contributed by atoms with Crippen LogP contribution in [0.25, 0.3) is 10.2 Å². The van der Waals surface area contributed by atoms with Gasteiger partial charge < -0.3 is 9.80 Å². The van der Waals surface area contributed by atoms with E-state index in [4.69, 9.17) is 0 Å². The molecule has 1 aromatic heterocycles. The van der Waals surface area contributed by atoms with Crippen LogP contribution in [0.4, 0.5) is 0 Å². The van der Waals surface area contributed by atoms with Crippen LogP contribution < -0.4 is 0 Å². The summed E-state index contributed by atoms with van der Waals surface area (Å²) >= 11 is 1.82. The first kappa shape index (κ1) is 19.8. The van der Waals surface area contributed by atoms with Crippen LogP contribution >= 0.6 is 11.3 Å². The minimum atomic E-state index is 0.724. The average molecular weight is 374 g/mol. The van der Waals surface area contributed by atoms with Crippen LogP contribution in [0.5, 0.6) is 0 Å². The summed E-state index contributed by atoms with van der Waals surface area (Å²) < 4.78 is 1.43. The lowest BCUT2D eigenvalue weighted by molar-refractivity contribution is 0.139. The standard InChI is InChI=1S/C20H29N3S.C2H6/c1-15-11-18(20-19(12-15)21-14-24-20)17-5-9-23(10-6-17)13-16-3-7-22(2)8-4-16;1-2/h11-12,14,16-17H,3-10,13H2,1-2H3;1-2H3. The number of aromatic nitrogens is 1. The summed E-state index contributed by atoms with van der Waals surface area (Å²) in [5, 5.41) is 0. The third kappa shape index (κ3) is 4.65. The Labute approximate surface area is 163 Å². The molecule has 0 saturated carbocycles. The molecule has 4 rings (SSSR count). The third-order valence-electron chi connectivity index (χ3n) is 5.99. The predicted octanol–water partition coefficient (Wildman–Crippen LogP) is 5.15. The van der Waals surface area contributed by atoms with E-state index >= 15 is 0 Å². The number of likely N-dealkylation sites (tertiary alicyclic amines) is 2. The molecule has 0 amide bonds. The first-order valence-electron chi connectivity index (χ1n) is 10.4. The van der Waals surface area contributed by atoms with Crippen LogP contribution in [0.15, 0.2) is 17.6 Å². The maximum atomic E-state index is 4.54. The first-order chi connectivity index (χ1) is 12.7. The van der Waals surface area contributed by atoms with Gasteiger partial charge in [0.15, 0.2) is 0 Å². The van der Waals surface area contributed by atoms with Gasteiger partial charge in [-0.3, -0.25) is 0 Å². The van der Waals surface area contributed by atoms with Gasteiger partial charge in [-0.15, -0.1) is 11.3 Å². The number of fused-ring (bicyclic) bond motifs is 1. The number of hydrogen-bond acceptors (Lipinski definition) is 4. The van der Waals surface area contributed by atoms with Crippen molar-refractivity contribution < 1.29 is 0 Å². The van der Waals surface area contributed by atoms with Gasteiger partial charge in [-0.2, -0.15) is 0 Å². The molecule has 0 unspecified atom stereocenters. The highest BCUT2D eigenvalue weighted by Gasteiger charge is 2.25. The average Bonchev–Trinajstić information content (AvgIpc) is 3.14. The quantitative estimate of drug-likeness (QED) is 0.741. The van der Waals surface area contributed by atoms with Crippen molar-refractivity contribution in [2.24, 2.45) is 5.92 Å². The zero-order chi connectivity index (χ0) is 18.5. The third-order valence-corrected chi connectivity index (χ3v) is 6.88. The van der Waals surface area contributed by atoms with Crippen LogP contribution in [0, 0.1) is 12.8 Å². The molecule has 144 valence electrons. The maximum absolute atomic E-state index is 4.54. The molecule has 2 aliphatic heterocycles. The van der Waals surface area contributed by atoms with Gasteiger partial charge in [0.2, 0.25) is 0 Å². The second-order valence-electron chi connectivity index (χ2n) is 7.88. The van der Waals surface area contributed by atoms with Gasteiger partial charge in [0.25, 0.3) is 0 Å². The van der Waals surface area contributed by atoms with Crippen molar-refractivity contribution in [3.63, 3.8) is 0 Å². The number of rotatable bonds is 3. The van der Waals surface area contributed by atoms with Crippen LogP contribution in [0.3, 0.4) is 0 Å². The van der Waals surface area contributed by atoms with Crippen LogP contribution in [0.2, 0.25) is 0 Å². The zero-order valence-electron chi connectivity index (χ0n) is 17.0. The number of nitrogens with zero attached hydrogens (tertiary/aromatic N) is 3. The van der Waals surface area contributed by atoms with Crippen molar-refractivity contribution in [3.8, 4) is 0 Å². The molecular weight excluding hydrogens is 338 g/mol. The molecule has 2 aliphatic rings. The van der Waals surface area contributed by atoms with E-state index in [1.807, 2.05) is 30.7 Å². The minimum absolute atomic E-state index is 0.724. The Balaban J connectivity index is 0.000000948. The lowest BCUT2D eigenvalue weighted by Crippen LogP contribution is -2.40. The van der Waals surface area contributed by atoms with Gasteiger partial charge in [-0.25, -0.2) is 4.98 Å². The minimum Gasteiger partial charge on any atom is -0.306 e. The summed E-state index contributed by atoms with van der Waals surface area (Å²) in [5.74, 6) is 1.64. The summed E-state index contributed by atoms with van der Waals surface area (Å²) in [6, 6.07) is 4.64. The Morgan fingerprint density at radius 1 is 1.04 bits per heavy atom. The van der Waals surface area contributed by atoms with Gasteiger partial charge in [0.05, 0.1) is 15.7 Å².